The number of hydrogen-bond acceptors (Lipinski definition) is 5. The number of azo groups is 1. The number of carbonyl (C=O) groups is 2. The first kappa shape index (κ1) is 19.4. The second-order valence-electron chi connectivity index (χ2n) is 5.08. The molecule has 0 bridgehead atoms. The van der Waals surface area contributed by atoms with Gasteiger partial charge in [0.25, 0.3) is 11.9 Å². The van der Waals surface area contributed by atoms with Gasteiger partial charge in [-0.05, 0) is 65.1 Å². The molecule has 0 atom stereocenters. The van der Waals surface area contributed by atoms with Crippen molar-refractivity contribution in [2.75, 3.05) is 0 Å². The number of nitrogens with zero attached hydrogens (tertiary/aromatic N) is 2. The third-order valence-electron chi connectivity index (χ3n) is 3.07. The molecule has 0 aliphatic rings. The van der Waals surface area contributed by atoms with Crippen molar-refractivity contribution in [3.05, 3.63) is 51.6 Å². The Balaban J connectivity index is 0.000000552. The fourth-order valence-corrected chi connectivity index (χ4v) is 2.49. The van der Waals surface area contributed by atoms with Gasteiger partial charge in [-0.25, -0.2) is 0 Å². The number of carboxylic acids is 1. The van der Waals surface area contributed by atoms with E-state index in [2.05, 4.69) is 37.8 Å². The predicted octanol–water partition coefficient (Wildman–Crippen LogP) is 4.20. The van der Waals surface area contributed by atoms with Gasteiger partial charge in [0, 0.05) is 21.4 Å². The average Bonchev–Trinajstić information content (AvgIpc) is 2.87. The van der Waals surface area contributed by atoms with Gasteiger partial charge in [0.15, 0.2) is 5.69 Å². The number of hydrogen-bond donors (Lipinski definition) is 4. The summed E-state index contributed by atoms with van der Waals surface area (Å²) >= 11 is 2.15. The number of H-pyrrole nitrogens is 1. The van der Waals surface area contributed by atoms with E-state index >= 15 is 0 Å². The average molecular weight is 467 g/mol. The quantitative estimate of drug-likeness (QED) is 0.331. The highest BCUT2D eigenvalue weighted by Gasteiger charge is 2.12. The van der Waals surface area contributed by atoms with Gasteiger partial charge < -0.3 is 20.3 Å². The molecule has 0 aliphatic carbocycles. The summed E-state index contributed by atoms with van der Waals surface area (Å²) in [7, 11) is 0. The van der Waals surface area contributed by atoms with Crippen molar-refractivity contribution < 1.29 is 24.9 Å². The Hall–Kier alpha value is -2.95. The summed E-state index contributed by atoms with van der Waals surface area (Å²) in [6.45, 7) is 1.08. The molecule has 9 heteroatoms. The number of amides is 1. The summed E-state index contributed by atoms with van der Waals surface area (Å²) in [6.07, 6.45) is 0. The molecule has 3 rings (SSSR count). The van der Waals surface area contributed by atoms with Gasteiger partial charge in [0.05, 0.1) is 5.52 Å². The first-order chi connectivity index (χ1) is 12.3. The number of carbonyl (C=O) groups excluding carboxylic acids is 1. The number of carboxylic acid groups (broad SMARTS) is 1. The highest BCUT2D eigenvalue weighted by atomic mass is 127. The van der Waals surface area contributed by atoms with E-state index in [1.165, 1.54) is 24.3 Å². The minimum atomic E-state index is -0.833. The van der Waals surface area contributed by atoms with E-state index < -0.39 is 11.9 Å². The van der Waals surface area contributed by atoms with Crippen LogP contribution >= 0.6 is 22.6 Å². The van der Waals surface area contributed by atoms with Crippen molar-refractivity contribution in [3.63, 3.8) is 0 Å². The lowest BCUT2D eigenvalue weighted by molar-refractivity contribution is -0.134. The minimum absolute atomic E-state index is 0.0670. The van der Waals surface area contributed by atoms with Gasteiger partial charge in [-0.2, -0.15) is 0 Å². The maximum Gasteiger partial charge on any atom is 0.300 e. The fraction of sp³-hybridized carbons (Fsp3) is 0.0588. The zero-order valence-electron chi connectivity index (χ0n) is 13.5. The largest absolute Gasteiger partial charge is 0.508 e. The summed E-state index contributed by atoms with van der Waals surface area (Å²) in [5.74, 6) is -1.46. The number of benzene rings is 2. The van der Waals surface area contributed by atoms with Crippen LogP contribution in [0.2, 0.25) is 0 Å². The zero-order chi connectivity index (χ0) is 19.3. The molecular formula is C17H14IN3O5. The Labute approximate surface area is 161 Å². The molecule has 1 heterocycles. The molecule has 0 saturated carbocycles. The van der Waals surface area contributed by atoms with Gasteiger partial charge in [-0.3, -0.25) is 9.59 Å². The number of phenols is 1. The van der Waals surface area contributed by atoms with Crippen molar-refractivity contribution in [1.29, 1.82) is 0 Å². The number of fused-ring (bicyclic) bond motifs is 1. The second kappa shape index (κ2) is 8.43. The topological polar surface area (TPSA) is 135 Å². The maximum atomic E-state index is 11.9. The van der Waals surface area contributed by atoms with E-state index in [9.17, 15) is 15.0 Å². The molecule has 2 aromatic carbocycles. The van der Waals surface area contributed by atoms with Gasteiger partial charge in [0.2, 0.25) is 5.88 Å². The molecular weight excluding hydrogens is 453 g/mol. The molecule has 0 spiro atoms. The molecule has 0 fully saturated rings. The van der Waals surface area contributed by atoms with E-state index in [-0.39, 0.29) is 17.3 Å². The SMILES string of the molecule is CC(=O)O.O=C(N=Nc1c(O)[nH]c2ccc(I)cc12)c1ccc(O)cc1. The lowest BCUT2D eigenvalue weighted by Gasteiger charge is -1.95. The van der Waals surface area contributed by atoms with Gasteiger partial charge in [-0.15, -0.1) is 10.2 Å². The molecule has 134 valence electrons. The number of aromatic hydroxyl groups is 2. The first-order valence-electron chi connectivity index (χ1n) is 7.22. The van der Waals surface area contributed by atoms with Crippen LogP contribution in [0.3, 0.4) is 0 Å². The van der Waals surface area contributed by atoms with Crippen LogP contribution in [-0.4, -0.2) is 32.2 Å². The molecule has 0 radical (unpaired) electrons. The molecule has 1 amide bonds. The molecule has 1 aromatic heterocycles. The molecule has 0 unspecified atom stereocenters. The predicted molar refractivity (Wildman–Crippen MR) is 103 cm³/mol. The van der Waals surface area contributed by atoms with Crippen LogP contribution < -0.4 is 0 Å². The molecule has 0 aliphatic heterocycles. The summed E-state index contributed by atoms with van der Waals surface area (Å²) in [5.41, 5.74) is 1.24. The van der Waals surface area contributed by atoms with Crippen LogP contribution in [0.15, 0.2) is 52.7 Å². The smallest absolute Gasteiger partial charge is 0.300 e. The Bertz CT molecular complexity index is 976. The van der Waals surface area contributed by atoms with Crippen LogP contribution in [0.5, 0.6) is 11.6 Å². The molecule has 0 saturated heterocycles. The van der Waals surface area contributed by atoms with E-state index in [0.29, 0.717) is 16.5 Å². The van der Waals surface area contributed by atoms with Crippen LogP contribution in [0.1, 0.15) is 17.3 Å². The van der Waals surface area contributed by atoms with Crippen molar-refractivity contribution >= 4 is 51.1 Å². The summed E-state index contributed by atoms with van der Waals surface area (Å²) in [4.78, 5) is 23.7. The third-order valence-corrected chi connectivity index (χ3v) is 3.74. The van der Waals surface area contributed by atoms with Crippen LogP contribution in [0.4, 0.5) is 5.69 Å². The number of halogens is 1. The second-order valence-corrected chi connectivity index (χ2v) is 6.33. The Morgan fingerprint density at radius 2 is 1.69 bits per heavy atom. The number of rotatable bonds is 2. The third kappa shape index (κ3) is 5.02. The van der Waals surface area contributed by atoms with Crippen LogP contribution in [0, 0.1) is 3.57 Å². The number of phenolic OH excluding ortho intramolecular Hbond substituents is 1. The lowest BCUT2D eigenvalue weighted by Crippen LogP contribution is -1.92. The van der Waals surface area contributed by atoms with Crippen molar-refractivity contribution in [2.24, 2.45) is 10.2 Å². The number of aromatic amines is 1. The molecule has 26 heavy (non-hydrogen) atoms. The van der Waals surface area contributed by atoms with Crippen molar-refractivity contribution in [3.8, 4) is 11.6 Å². The highest BCUT2D eigenvalue weighted by Crippen LogP contribution is 2.36. The van der Waals surface area contributed by atoms with Gasteiger partial charge >= 0.3 is 0 Å². The van der Waals surface area contributed by atoms with E-state index in [1.54, 1.807) is 0 Å². The van der Waals surface area contributed by atoms with Gasteiger partial charge in [-0.1, -0.05) is 0 Å². The maximum absolute atomic E-state index is 11.9. The van der Waals surface area contributed by atoms with E-state index in [1.807, 2.05) is 18.2 Å². The monoisotopic (exact) mass is 467 g/mol. The highest BCUT2D eigenvalue weighted by molar-refractivity contribution is 14.1. The zero-order valence-corrected chi connectivity index (χ0v) is 15.6. The standard InChI is InChI=1S/C15H10IN3O3.C2H4O2/c16-9-3-6-12-11(7-9)13(15(22)17-12)18-19-14(21)8-1-4-10(20)5-2-8;1-2(3)4/h1-7,17,20,22H;1H3,(H,3,4). The number of nitrogens with one attached hydrogen (secondary N) is 1. The van der Waals surface area contributed by atoms with Crippen LogP contribution in [0.25, 0.3) is 10.9 Å². The minimum Gasteiger partial charge on any atom is -0.508 e. The lowest BCUT2D eigenvalue weighted by atomic mass is 10.2. The fourth-order valence-electron chi connectivity index (χ4n) is 1.99. The summed E-state index contributed by atoms with van der Waals surface area (Å²) in [6, 6.07) is 11.2. The van der Waals surface area contributed by atoms with Crippen molar-refractivity contribution in [2.45, 2.75) is 6.92 Å². The molecule has 8 nitrogen and oxygen atoms in total. The number of aliphatic carboxylic acids is 1. The van der Waals surface area contributed by atoms with Gasteiger partial charge in [0.1, 0.15) is 5.75 Å². The van der Waals surface area contributed by atoms with E-state index in [4.69, 9.17) is 9.90 Å². The summed E-state index contributed by atoms with van der Waals surface area (Å²) in [5, 5.41) is 34.7. The summed E-state index contributed by atoms with van der Waals surface area (Å²) < 4.78 is 0.977. The Morgan fingerprint density at radius 1 is 1.08 bits per heavy atom. The molecule has 4 N–H and O–H groups in total. The normalized spacial score (nSPS) is 10.5. The Morgan fingerprint density at radius 3 is 2.31 bits per heavy atom. The molecule has 3 aromatic rings. The number of aromatic nitrogens is 1. The van der Waals surface area contributed by atoms with Crippen LogP contribution in [-0.2, 0) is 4.79 Å². The Kier molecular flexibility index (Phi) is 6.28. The van der Waals surface area contributed by atoms with Crippen molar-refractivity contribution in [1.82, 2.24) is 4.98 Å². The first-order valence-corrected chi connectivity index (χ1v) is 8.30. The van der Waals surface area contributed by atoms with E-state index in [0.717, 1.165) is 10.5 Å².